The van der Waals surface area contributed by atoms with Crippen LogP contribution in [0, 0.1) is 11.8 Å². The molecule has 5 heterocycles. The van der Waals surface area contributed by atoms with Gasteiger partial charge in [0.25, 0.3) is 0 Å². The van der Waals surface area contributed by atoms with Crippen LogP contribution >= 0.6 is 11.3 Å². The van der Waals surface area contributed by atoms with Gasteiger partial charge in [-0.1, -0.05) is 11.6 Å². The molecule has 1 aromatic rings. The Morgan fingerprint density at radius 3 is 3.19 bits per heavy atom. The third-order valence-corrected chi connectivity index (χ3v) is 6.35. The molecule has 4 saturated heterocycles. The van der Waals surface area contributed by atoms with E-state index in [1.807, 2.05) is 11.3 Å². The zero-order valence-corrected chi connectivity index (χ0v) is 13.2. The summed E-state index contributed by atoms with van der Waals surface area (Å²) >= 11 is 1.82. The van der Waals surface area contributed by atoms with Gasteiger partial charge in [0.15, 0.2) is 0 Å². The van der Waals surface area contributed by atoms with Crippen LogP contribution in [0.4, 0.5) is 0 Å². The van der Waals surface area contributed by atoms with Crippen molar-refractivity contribution in [1.29, 1.82) is 0 Å². The standard InChI is InChI=1S/C17H22N2OS/c1-11(20)18-9-16-15-8-13-4-5-17(16)19(13)10-12(15)7-14-3-2-6-21-14/h2-3,6-7,13,15-17H,4-5,8-10H2,1H3,(H,18,20)/b12-7+/t13-,15+,16+,17+/m0/s1. The minimum Gasteiger partial charge on any atom is -0.356 e. The van der Waals surface area contributed by atoms with Crippen LogP contribution in [0.1, 0.15) is 31.1 Å². The molecule has 0 radical (unpaired) electrons. The van der Waals surface area contributed by atoms with Crippen LogP contribution in [-0.4, -0.2) is 36.0 Å². The molecule has 0 aliphatic carbocycles. The van der Waals surface area contributed by atoms with Crippen molar-refractivity contribution in [3.63, 3.8) is 0 Å². The molecule has 1 N–H and O–H groups in total. The van der Waals surface area contributed by atoms with E-state index < -0.39 is 0 Å². The Labute approximate surface area is 130 Å². The lowest BCUT2D eigenvalue weighted by Gasteiger charge is -2.52. The fraction of sp³-hybridized carbons (Fsp3) is 0.588. The number of rotatable bonds is 3. The molecule has 4 bridgehead atoms. The smallest absolute Gasteiger partial charge is 0.216 e. The molecule has 1 amide bonds. The van der Waals surface area contributed by atoms with Crippen LogP contribution in [0.3, 0.4) is 0 Å². The molecule has 0 spiro atoms. The number of carbonyl (C=O) groups is 1. The average molecular weight is 302 g/mol. The van der Waals surface area contributed by atoms with E-state index in [0.29, 0.717) is 17.9 Å². The van der Waals surface area contributed by atoms with Crippen molar-refractivity contribution in [3.05, 3.63) is 28.0 Å². The van der Waals surface area contributed by atoms with Crippen LogP contribution in [0.25, 0.3) is 6.08 Å². The first-order chi connectivity index (χ1) is 10.2. The predicted octanol–water partition coefficient (Wildman–Crippen LogP) is 2.75. The van der Waals surface area contributed by atoms with Crippen molar-refractivity contribution in [1.82, 2.24) is 10.2 Å². The van der Waals surface area contributed by atoms with E-state index in [1.54, 1.807) is 12.5 Å². The van der Waals surface area contributed by atoms with Gasteiger partial charge in [0, 0.05) is 37.0 Å². The predicted molar refractivity (Wildman–Crippen MR) is 86.1 cm³/mol. The number of carbonyl (C=O) groups excluding carboxylic acids is 1. The maximum Gasteiger partial charge on any atom is 0.216 e. The number of thiophene rings is 1. The second-order valence-corrected chi connectivity index (χ2v) is 7.63. The normalized spacial score (nSPS) is 38.9. The number of nitrogens with one attached hydrogen (secondary N) is 1. The maximum atomic E-state index is 11.3. The number of piperidine rings is 3. The number of hydrogen-bond donors (Lipinski definition) is 1. The molecular formula is C17H22N2OS. The van der Waals surface area contributed by atoms with Crippen molar-refractivity contribution >= 4 is 23.3 Å². The number of hydrogen-bond acceptors (Lipinski definition) is 3. The molecule has 4 heteroatoms. The van der Waals surface area contributed by atoms with E-state index in [4.69, 9.17) is 0 Å². The second kappa shape index (κ2) is 5.25. The monoisotopic (exact) mass is 302 g/mol. The fourth-order valence-electron chi connectivity index (χ4n) is 4.66. The van der Waals surface area contributed by atoms with Crippen molar-refractivity contribution < 1.29 is 4.79 Å². The molecule has 4 aliphatic heterocycles. The van der Waals surface area contributed by atoms with E-state index in [9.17, 15) is 4.79 Å². The Kier molecular flexibility index (Phi) is 3.38. The minimum absolute atomic E-state index is 0.102. The molecule has 1 unspecified atom stereocenters. The topological polar surface area (TPSA) is 32.3 Å². The van der Waals surface area contributed by atoms with Crippen LogP contribution < -0.4 is 5.32 Å². The van der Waals surface area contributed by atoms with Crippen molar-refractivity contribution in [2.75, 3.05) is 13.1 Å². The summed E-state index contributed by atoms with van der Waals surface area (Å²) in [6.07, 6.45) is 6.36. The zero-order valence-electron chi connectivity index (χ0n) is 12.4. The van der Waals surface area contributed by atoms with Crippen molar-refractivity contribution in [3.8, 4) is 0 Å². The Balaban J connectivity index is 1.60. The Bertz CT molecular complexity index is 565. The van der Waals surface area contributed by atoms with Gasteiger partial charge in [0.05, 0.1) is 0 Å². The maximum absolute atomic E-state index is 11.3. The van der Waals surface area contributed by atoms with Crippen LogP contribution in [0.5, 0.6) is 0 Å². The first-order valence-corrected chi connectivity index (χ1v) is 8.84. The molecule has 21 heavy (non-hydrogen) atoms. The van der Waals surface area contributed by atoms with Gasteiger partial charge in [0.1, 0.15) is 0 Å². The van der Waals surface area contributed by atoms with Crippen LogP contribution in [0.2, 0.25) is 0 Å². The molecular weight excluding hydrogens is 280 g/mol. The summed E-state index contributed by atoms with van der Waals surface area (Å²) in [4.78, 5) is 15.4. The molecule has 0 saturated carbocycles. The summed E-state index contributed by atoms with van der Waals surface area (Å²) in [6.45, 7) is 3.62. The molecule has 3 nitrogen and oxygen atoms in total. The highest BCUT2D eigenvalue weighted by atomic mass is 32.1. The lowest BCUT2D eigenvalue weighted by Crippen LogP contribution is -2.58. The fourth-order valence-corrected chi connectivity index (χ4v) is 5.36. The highest BCUT2D eigenvalue weighted by molar-refractivity contribution is 7.10. The Morgan fingerprint density at radius 1 is 1.52 bits per heavy atom. The Hall–Kier alpha value is -1.13. The molecule has 112 valence electrons. The average Bonchev–Trinajstić information content (AvgIpc) is 3.06. The van der Waals surface area contributed by atoms with E-state index >= 15 is 0 Å². The lowest BCUT2D eigenvalue weighted by atomic mass is 9.71. The van der Waals surface area contributed by atoms with Gasteiger partial charge in [-0.3, -0.25) is 9.69 Å². The first kappa shape index (κ1) is 13.5. The molecule has 1 aromatic heterocycles. The third kappa shape index (κ3) is 2.34. The summed E-state index contributed by atoms with van der Waals surface area (Å²) in [5.41, 5.74) is 1.59. The van der Waals surface area contributed by atoms with Crippen molar-refractivity contribution in [2.45, 2.75) is 38.3 Å². The van der Waals surface area contributed by atoms with Crippen molar-refractivity contribution in [2.24, 2.45) is 11.8 Å². The summed E-state index contributed by atoms with van der Waals surface area (Å²) < 4.78 is 0. The largest absolute Gasteiger partial charge is 0.356 e. The van der Waals surface area contributed by atoms with E-state index in [1.165, 1.54) is 24.1 Å². The van der Waals surface area contributed by atoms with Gasteiger partial charge in [-0.05, 0) is 48.6 Å². The highest BCUT2D eigenvalue weighted by Gasteiger charge is 2.52. The Morgan fingerprint density at radius 2 is 2.43 bits per heavy atom. The highest BCUT2D eigenvalue weighted by Crippen LogP contribution is 2.50. The van der Waals surface area contributed by atoms with Gasteiger partial charge >= 0.3 is 0 Å². The van der Waals surface area contributed by atoms with Gasteiger partial charge in [-0.15, -0.1) is 11.3 Å². The van der Waals surface area contributed by atoms with E-state index in [-0.39, 0.29) is 5.91 Å². The SMILES string of the molecule is CC(=O)NC[C@@H]1[C@@H]2C[C@@H]3CC[C@H]1N3C/C2=C\c1cccs1. The van der Waals surface area contributed by atoms with Crippen LogP contribution in [0.15, 0.2) is 23.1 Å². The summed E-state index contributed by atoms with van der Waals surface area (Å²) in [5, 5.41) is 5.22. The molecule has 4 aliphatic rings. The quantitative estimate of drug-likeness (QED) is 0.931. The number of fused-ring (bicyclic) bond motifs is 1. The summed E-state index contributed by atoms with van der Waals surface area (Å²) in [5.74, 6) is 1.37. The molecule has 5 rings (SSSR count). The van der Waals surface area contributed by atoms with Gasteiger partial charge in [0.2, 0.25) is 5.91 Å². The number of amides is 1. The second-order valence-electron chi connectivity index (χ2n) is 6.65. The molecule has 5 atom stereocenters. The third-order valence-electron chi connectivity index (χ3n) is 5.53. The summed E-state index contributed by atoms with van der Waals surface area (Å²) in [7, 11) is 0. The van der Waals surface area contributed by atoms with Crippen LogP contribution in [-0.2, 0) is 4.79 Å². The molecule has 0 aromatic carbocycles. The summed E-state index contributed by atoms with van der Waals surface area (Å²) in [6, 6.07) is 5.82. The van der Waals surface area contributed by atoms with E-state index in [2.05, 4.69) is 33.8 Å². The number of nitrogens with zero attached hydrogens (tertiary/aromatic N) is 1. The van der Waals surface area contributed by atoms with Gasteiger partial charge < -0.3 is 5.32 Å². The minimum atomic E-state index is 0.102. The zero-order chi connectivity index (χ0) is 14.4. The van der Waals surface area contributed by atoms with E-state index in [0.717, 1.165) is 19.1 Å². The van der Waals surface area contributed by atoms with Gasteiger partial charge in [-0.2, -0.15) is 0 Å². The molecule has 4 fully saturated rings. The first-order valence-electron chi connectivity index (χ1n) is 7.96. The van der Waals surface area contributed by atoms with Gasteiger partial charge in [-0.25, -0.2) is 0 Å². The lowest BCUT2D eigenvalue weighted by molar-refractivity contribution is -0.119.